The van der Waals surface area contributed by atoms with Crippen molar-refractivity contribution in [2.45, 2.75) is 64.2 Å². The van der Waals surface area contributed by atoms with E-state index in [1.807, 2.05) is 18.2 Å². The number of hydrogen-bond acceptors (Lipinski definition) is 1. The molecule has 0 aromatic heterocycles. The minimum Gasteiger partial charge on any atom is -0.481 e. The molecule has 2 nitrogen and oxygen atoms in total. The Morgan fingerprint density at radius 1 is 0.800 bits per heavy atom. The largest absolute Gasteiger partial charge is 0.481 e. The van der Waals surface area contributed by atoms with E-state index in [1.165, 1.54) is 49.7 Å². The standard InChI is InChI=1S/C23H30O2/c1-19(23(24)25)22-18-12-11-17-21(22)16-10-5-3-2-4-7-13-20-14-8-6-9-15-20/h6,8-9,11-12,14-15,17-19H,2-5,7,10,13,16H2,1H3,(H,24,25). The highest BCUT2D eigenvalue weighted by molar-refractivity contribution is 5.76. The van der Waals surface area contributed by atoms with Crippen LogP contribution in [-0.4, -0.2) is 11.1 Å². The summed E-state index contributed by atoms with van der Waals surface area (Å²) in [7, 11) is 0. The van der Waals surface area contributed by atoms with Crippen LogP contribution in [0.4, 0.5) is 0 Å². The minimum absolute atomic E-state index is 0.422. The molecule has 0 aliphatic carbocycles. The molecule has 0 aliphatic rings. The van der Waals surface area contributed by atoms with Crippen LogP contribution in [-0.2, 0) is 17.6 Å². The van der Waals surface area contributed by atoms with Crippen LogP contribution in [0, 0.1) is 0 Å². The highest BCUT2D eigenvalue weighted by atomic mass is 16.4. The molecule has 2 rings (SSSR count). The highest BCUT2D eigenvalue weighted by Gasteiger charge is 2.16. The molecule has 0 saturated carbocycles. The fourth-order valence-corrected chi connectivity index (χ4v) is 3.31. The molecule has 0 fully saturated rings. The van der Waals surface area contributed by atoms with Gasteiger partial charge in [-0.3, -0.25) is 4.79 Å². The van der Waals surface area contributed by atoms with Crippen LogP contribution in [0.5, 0.6) is 0 Å². The Labute approximate surface area is 151 Å². The van der Waals surface area contributed by atoms with E-state index in [0.717, 1.165) is 18.4 Å². The summed E-state index contributed by atoms with van der Waals surface area (Å²) >= 11 is 0. The zero-order valence-electron chi connectivity index (χ0n) is 15.3. The van der Waals surface area contributed by atoms with Crippen molar-refractivity contribution in [3.8, 4) is 0 Å². The van der Waals surface area contributed by atoms with Crippen molar-refractivity contribution in [3.05, 3.63) is 71.3 Å². The molecule has 2 heteroatoms. The molecule has 1 N–H and O–H groups in total. The minimum atomic E-state index is -0.745. The first-order valence-corrected chi connectivity index (χ1v) is 9.53. The third-order valence-corrected chi connectivity index (χ3v) is 4.90. The molecule has 0 radical (unpaired) electrons. The van der Waals surface area contributed by atoms with Crippen LogP contribution in [0.3, 0.4) is 0 Å². The summed E-state index contributed by atoms with van der Waals surface area (Å²) in [6, 6.07) is 18.7. The van der Waals surface area contributed by atoms with Crippen LogP contribution in [0.2, 0.25) is 0 Å². The van der Waals surface area contributed by atoms with Crippen molar-refractivity contribution in [2.75, 3.05) is 0 Å². The van der Waals surface area contributed by atoms with Gasteiger partial charge in [-0.2, -0.15) is 0 Å². The van der Waals surface area contributed by atoms with E-state index in [9.17, 15) is 9.90 Å². The molecule has 0 aliphatic heterocycles. The highest BCUT2D eigenvalue weighted by Crippen LogP contribution is 2.22. The van der Waals surface area contributed by atoms with Gasteiger partial charge in [-0.05, 0) is 49.3 Å². The normalized spacial score (nSPS) is 12.0. The second kappa shape index (κ2) is 10.7. The number of benzene rings is 2. The Kier molecular flexibility index (Phi) is 8.24. The van der Waals surface area contributed by atoms with Crippen molar-refractivity contribution >= 4 is 5.97 Å². The Morgan fingerprint density at radius 3 is 2.04 bits per heavy atom. The third-order valence-electron chi connectivity index (χ3n) is 4.90. The SMILES string of the molecule is CC(C(=O)O)c1ccccc1CCCCCCCCc1ccccc1. The topological polar surface area (TPSA) is 37.3 Å². The number of aliphatic carboxylic acids is 1. The maximum Gasteiger partial charge on any atom is 0.310 e. The van der Waals surface area contributed by atoms with Crippen molar-refractivity contribution in [1.29, 1.82) is 0 Å². The monoisotopic (exact) mass is 338 g/mol. The van der Waals surface area contributed by atoms with Gasteiger partial charge >= 0.3 is 5.97 Å². The van der Waals surface area contributed by atoms with Crippen molar-refractivity contribution < 1.29 is 9.90 Å². The first kappa shape index (κ1) is 19.2. The van der Waals surface area contributed by atoms with Gasteiger partial charge in [0.05, 0.1) is 5.92 Å². The molecule has 0 amide bonds. The first-order chi connectivity index (χ1) is 12.2. The molecule has 134 valence electrons. The predicted molar refractivity (Wildman–Crippen MR) is 104 cm³/mol. The van der Waals surface area contributed by atoms with E-state index in [4.69, 9.17) is 0 Å². The number of carbonyl (C=O) groups is 1. The summed E-state index contributed by atoms with van der Waals surface area (Å²) in [5.41, 5.74) is 3.60. The van der Waals surface area contributed by atoms with Crippen molar-refractivity contribution in [2.24, 2.45) is 0 Å². The summed E-state index contributed by atoms with van der Waals surface area (Å²) in [5.74, 6) is -1.17. The van der Waals surface area contributed by atoms with Crippen LogP contribution >= 0.6 is 0 Å². The van der Waals surface area contributed by atoms with Gasteiger partial charge in [-0.15, -0.1) is 0 Å². The molecular formula is C23H30O2. The van der Waals surface area contributed by atoms with E-state index < -0.39 is 11.9 Å². The zero-order chi connectivity index (χ0) is 17.9. The molecule has 1 unspecified atom stereocenters. The predicted octanol–water partition coefficient (Wildman–Crippen LogP) is 6.00. The Hall–Kier alpha value is -2.09. The lowest BCUT2D eigenvalue weighted by Crippen LogP contribution is -2.10. The maximum atomic E-state index is 11.2. The zero-order valence-corrected chi connectivity index (χ0v) is 15.3. The molecule has 0 heterocycles. The lowest BCUT2D eigenvalue weighted by molar-refractivity contribution is -0.138. The van der Waals surface area contributed by atoms with Crippen LogP contribution in [0.25, 0.3) is 0 Å². The number of rotatable bonds is 11. The van der Waals surface area contributed by atoms with Crippen LogP contribution in [0.15, 0.2) is 54.6 Å². The lowest BCUT2D eigenvalue weighted by atomic mass is 9.92. The van der Waals surface area contributed by atoms with Crippen LogP contribution < -0.4 is 0 Å². The summed E-state index contributed by atoms with van der Waals surface area (Å²) < 4.78 is 0. The lowest BCUT2D eigenvalue weighted by Gasteiger charge is -2.13. The molecule has 0 bridgehead atoms. The number of carboxylic acid groups (broad SMARTS) is 1. The van der Waals surface area contributed by atoms with E-state index in [1.54, 1.807) is 6.92 Å². The van der Waals surface area contributed by atoms with Gasteiger partial charge in [-0.25, -0.2) is 0 Å². The maximum absolute atomic E-state index is 11.2. The molecule has 0 spiro atoms. The second-order valence-electron chi connectivity index (χ2n) is 6.87. The quantitative estimate of drug-likeness (QED) is 0.510. The Morgan fingerprint density at radius 2 is 1.36 bits per heavy atom. The van der Waals surface area contributed by atoms with Crippen LogP contribution in [0.1, 0.15) is 68.1 Å². The third kappa shape index (κ3) is 6.74. The van der Waals surface area contributed by atoms with Gasteiger partial charge in [-0.1, -0.05) is 80.3 Å². The Bertz CT molecular complexity index is 634. The molecule has 1 atom stereocenters. The summed E-state index contributed by atoms with van der Waals surface area (Å²) in [6.45, 7) is 1.77. The molecule has 0 saturated heterocycles. The summed E-state index contributed by atoms with van der Waals surface area (Å²) in [6.07, 6.45) is 9.65. The van der Waals surface area contributed by atoms with Gasteiger partial charge in [0.25, 0.3) is 0 Å². The number of carboxylic acids is 1. The van der Waals surface area contributed by atoms with Gasteiger partial charge in [0.1, 0.15) is 0 Å². The number of aryl methyl sites for hydroxylation is 2. The second-order valence-corrected chi connectivity index (χ2v) is 6.87. The summed E-state index contributed by atoms with van der Waals surface area (Å²) in [4.78, 5) is 11.2. The van der Waals surface area contributed by atoms with E-state index in [-0.39, 0.29) is 0 Å². The van der Waals surface area contributed by atoms with Crippen molar-refractivity contribution in [3.63, 3.8) is 0 Å². The van der Waals surface area contributed by atoms with E-state index in [2.05, 4.69) is 36.4 Å². The fourth-order valence-electron chi connectivity index (χ4n) is 3.31. The van der Waals surface area contributed by atoms with Gasteiger partial charge in [0.15, 0.2) is 0 Å². The molecular weight excluding hydrogens is 308 g/mol. The first-order valence-electron chi connectivity index (χ1n) is 9.53. The Balaban J connectivity index is 1.61. The molecule has 2 aromatic rings. The van der Waals surface area contributed by atoms with Gasteiger partial charge in [0.2, 0.25) is 0 Å². The fraction of sp³-hybridized carbons (Fsp3) is 0.435. The van der Waals surface area contributed by atoms with Crippen molar-refractivity contribution in [1.82, 2.24) is 0 Å². The smallest absolute Gasteiger partial charge is 0.310 e. The molecule has 25 heavy (non-hydrogen) atoms. The summed E-state index contributed by atoms with van der Waals surface area (Å²) in [5, 5.41) is 9.23. The number of hydrogen-bond donors (Lipinski definition) is 1. The molecule has 2 aromatic carbocycles. The average Bonchev–Trinajstić information content (AvgIpc) is 2.64. The van der Waals surface area contributed by atoms with Gasteiger partial charge < -0.3 is 5.11 Å². The van der Waals surface area contributed by atoms with E-state index in [0.29, 0.717) is 0 Å². The average molecular weight is 338 g/mol. The number of unbranched alkanes of at least 4 members (excludes halogenated alkanes) is 5. The van der Waals surface area contributed by atoms with E-state index >= 15 is 0 Å². The van der Waals surface area contributed by atoms with Gasteiger partial charge in [0, 0.05) is 0 Å².